The molecule has 2 aliphatic rings. The van der Waals surface area contributed by atoms with Crippen LogP contribution in [0.4, 0.5) is 0 Å². The van der Waals surface area contributed by atoms with Crippen LogP contribution in [0.3, 0.4) is 0 Å². The summed E-state index contributed by atoms with van der Waals surface area (Å²) in [6.45, 7) is 18.0. The zero-order valence-corrected chi connectivity index (χ0v) is 43.0. The summed E-state index contributed by atoms with van der Waals surface area (Å²) in [5.41, 5.74) is 18.0. The molecular formula is C66H62CuN4-2. The van der Waals surface area contributed by atoms with Crippen molar-refractivity contribution < 1.29 is 17.1 Å². The molecule has 0 saturated carbocycles. The molecule has 4 heterocycles. The Morgan fingerprint density at radius 2 is 0.746 bits per heavy atom. The van der Waals surface area contributed by atoms with Crippen LogP contribution in [0, 0.1) is 0 Å². The first-order valence-electron chi connectivity index (χ1n) is 24.8. The van der Waals surface area contributed by atoms with E-state index in [1.54, 1.807) is 0 Å². The first-order chi connectivity index (χ1) is 34.0. The summed E-state index contributed by atoms with van der Waals surface area (Å²) >= 11 is 0. The van der Waals surface area contributed by atoms with Crippen LogP contribution >= 0.6 is 0 Å². The molecule has 0 atom stereocenters. The third-order valence-corrected chi connectivity index (χ3v) is 13.0. The Kier molecular flexibility index (Phi) is 16.0. The van der Waals surface area contributed by atoms with Gasteiger partial charge in [-0.05, 0) is 126 Å². The Morgan fingerprint density at radius 3 is 1.11 bits per heavy atom. The maximum absolute atomic E-state index is 5.16. The molecule has 71 heavy (non-hydrogen) atoms. The summed E-state index contributed by atoms with van der Waals surface area (Å²) in [4.78, 5) is 19.9. The fourth-order valence-electron chi connectivity index (χ4n) is 9.11. The van der Waals surface area contributed by atoms with Crippen molar-refractivity contribution in [3.8, 4) is 22.5 Å². The van der Waals surface area contributed by atoms with Crippen LogP contribution in [0.25, 0.3) is 68.4 Å². The van der Waals surface area contributed by atoms with Gasteiger partial charge < -0.3 is 9.97 Å². The Morgan fingerprint density at radius 1 is 0.380 bits per heavy atom. The Labute approximate surface area is 431 Å². The standard InChI is InChI=1S/2C33H31N2.Cu/c2*1-22(2)25-15-19-30(31(20-25)23(3)4)33-29-13-9-8-12-28(29)32(35-33)21-27-18-17-26(34-27)16-14-24-10-6-5-7-11-24;/h2*5-23H,1-4H3;/q2*-1;/b2*16-14+,27-21-;. The average molecular weight is 975 g/mol. The van der Waals surface area contributed by atoms with Crippen LogP contribution in [0.5, 0.6) is 0 Å². The summed E-state index contributed by atoms with van der Waals surface area (Å²) in [5, 5.41) is 4.70. The van der Waals surface area contributed by atoms with Crippen molar-refractivity contribution in [1.29, 1.82) is 0 Å². The van der Waals surface area contributed by atoms with Crippen LogP contribution in [0.1, 0.15) is 124 Å². The summed E-state index contributed by atoms with van der Waals surface area (Å²) in [6.07, 6.45) is 20.7. The van der Waals surface area contributed by atoms with Gasteiger partial charge in [-0.3, -0.25) is 0 Å². The van der Waals surface area contributed by atoms with E-state index in [2.05, 4.69) is 225 Å². The van der Waals surface area contributed by atoms with E-state index in [1.165, 1.54) is 55.3 Å². The second-order valence-corrected chi connectivity index (χ2v) is 19.5. The molecule has 4 nitrogen and oxygen atoms in total. The van der Waals surface area contributed by atoms with Gasteiger partial charge in [-0.25, -0.2) is 9.98 Å². The molecule has 10 rings (SSSR count). The fourth-order valence-corrected chi connectivity index (χ4v) is 9.11. The second-order valence-electron chi connectivity index (χ2n) is 19.5. The van der Waals surface area contributed by atoms with Gasteiger partial charge in [-0.15, -0.1) is 22.8 Å². The van der Waals surface area contributed by atoms with Gasteiger partial charge in [-0.1, -0.05) is 225 Å². The van der Waals surface area contributed by atoms with E-state index in [9.17, 15) is 0 Å². The van der Waals surface area contributed by atoms with Gasteiger partial charge >= 0.3 is 0 Å². The zero-order valence-electron chi connectivity index (χ0n) is 42.0. The Bertz CT molecular complexity index is 3190. The number of aliphatic imine (C=N–C) groups is 2. The van der Waals surface area contributed by atoms with Gasteiger partial charge in [0.25, 0.3) is 0 Å². The maximum atomic E-state index is 5.16. The molecule has 6 aromatic carbocycles. The molecule has 0 spiro atoms. The van der Waals surface area contributed by atoms with Crippen molar-refractivity contribution in [2.75, 3.05) is 0 Å². The van der Waals surface area contributed by atoms with Crippen molar-refractivity contribution in [2.24, 2.45) is 9.98 Å². The third-order valence-electron chi connectivity index (χ3n) is 13.0. The van der Waals surface area contributed by atoms with Crippen molar-refractivity contribution in [2.45, 2.75) is 79.1 Å². The Hall–Kier alpha value is -7.30. The molecule has 0 saturated heterocycles. The van der Waals surface area contributed by atoms with E-state index >= 15 is 0 Å². The van der Waals surface area contributed by atoms with Crippen LogP contribution < -0.4 is 9.97 Å². The molecule has 359 valence electrons. The average Bonchev–Trinajstić information content (AvgIpc) is 4.19. The molecule has 0 aliphatic carbocycles. The van der Waals surface area contributed by atoms with E-state index in [-0.39, 0.29) is 17.1 Å². The van der Waals surface area contributed by atoms with Crippen molar-refractivity contribution in [3.63, 3.8) is 0 Å². The number of allylic oxidation sites excluding steroid dienone is 6. The minimum Gasteiger partial charge on any atom is -0.656 e. The minimum atomic E-state index is 0. The summed E-state index contributed by atoms with van der Waals surface area (Å²) < 4.78 is 0. The van der Waals surface area contributed by atoms with Crippen molar-refractivity contribution in [3.05, 3.63) is 238 Å². The first-order valence-corrected chi connectivity index (χ1v) is 24.8. The van der Waals surface area contributed by atoms with Crippen molar-refractivity contribution >= 4 is 57.3 Å². The van der Waals surface area contributed by atoms with Gasteiger partial charge in [0.15, 0.2) is 0 Å². The fraction of sp³-hybridized carbons (Fsp3) is 0.182. The number of hydrogen-bond donors (Lipinski definition) is 0. The molecule has 0 N–H and O–H groups in total. The Balaban J connectivity index is 0.000000188. The van der Waals surface area contributed by atoms with Crippen LogP contribution in [0.15, 0.2) is 203 Å². The number of hydrogen-bond acceptors (Lipinski definition) is 2. The molecule has 0 amide bonds. The van der Waals surface area contributed by atoms with Crippen molar-refractivity contribution in [1.82, 2.24) is 9.97 Å². The van der Waals surface area contributed by atoms with E-state index in [4.69, 9.17) is 20.0 Å². The summed E-state index contributed by atoms with van der Waals surface area (Å²) in [6, 6.07) is 51.4. The quantitative estimate of drug-likeness (QED) is 0.115. The molecule has 0 fully saturated rings. The number of fused-ring (bicyclic) bond motifs is 2. The van der Waals surface area contributed by atoms with Gasteiger partial charge in [-0.2, -0.15) is 0 Å². The predicted octanol–water partition coefficient (Wildman–Crippen LogP) is 17.5. The largest absolute Gasteiger partial charge is 0.656 e. The normalized spacial score (nSPS) is 14.6. The van der Waals surface area contributed by atoms with Crippen LogP contribution in [-0.4, -0.2) is 11.4 Å². The van der Waals surface area contributed by atoms with Gasteiger partial charge in [0.1, 0.15) is 0 Å². The summed E-state index contributed by atoms with van der Waals surface area (Å²) in [5.74, 6) is 1.84. The second kappa shape index (κ2) is 22.6. The number of rotatable bonds is 12. The SMILES string of the molecule is CC(C)c1ccc(-c2[n-]c(/C=C3/C=CC(/C=C/c4ccccc4)=N3)c3ccccc23)c(C(C)C)c1.CC(C)c1ccc(-c2[n-]c(/C=C3/C=CC(/C=C/c4ccccc4)=N3)c3ccccc23)c(C(C)C)c1.[Cu]. The first kappa shape index (κ1) is 50.1. The third kappa shape index (κ3) is 11.7. The summed E-state index contributed by atoms with van der Waals surface area (Å²) in [7, 11) is 0. The van der Waals surface area contributed by atoms with E-state index in [0.29, 0.717) is 23.7 Å². The van der Waals surface area contributed by atoms with E-state index in [1.807, 2.05) is 36.4 Å². The molecule has 2 aromatic heterocycles. The van der Waals surface area contributed by atoms with Gasteiger partial charge in [0, 0.05) is 17.1 Å². The van der Waals surface area contributed by atoms with E-state index < -0.39 is 0 Å². The molecule has 0 unspecified atom stereocenters. The molecule has 8 aromatic rings. The predicted molar refractivity (Wildman–Crippen MR) is 302 cm³/mol. The van der Waals surface area contributed by atoms with E-state index in [0.717, 1.165) is 56.4 Å². The van der Waals surface area contributed by atoms with Crippen LogP contribution in [0.2, 0.25) is 0 Å². The zero-order chi connectivity index (χ0) is 48.7. The topological polar surface area (TPSA) is 52.9 Å². The maximum Gasteiger partial charge on any atom is 0.0637 e. The van der Waals surface area contributed by atoms with Gasteiger partial charge in [0.2, 0.25) is 0 Å². The molecule has 0 bridgehead atoms. The molecule has 5 heteroatoms. The minimum absolute atomic E-state index is 0. The molecule has 2 aliphatic heterocycles. The smallest absolute Gasteiger partial charge is 0.0637 e. The van der Waals surface area contributed by atoms with Crippen LogP contribution in [-0.2, 0) is 17.1 Å². The monoisotopic (exact) mass is 973 g/mol. The molecule has 1 radical (unpaired) electrons. The molecular weight excluding hydrogens is 912 g/mol. The number of benzene rings is 6. The number of aromatic nitrogens is 2. The van der Waals surface area contributed by atoms with Gasteiger partial charge in [0.05, 0.1) is 22.8 Å². The number of nitrogens with zero attached hydrogens (tertiary/aromatic N) is 4.